The average Bonchev–Trinajstić information content (AvgIpc) is 3.04. The molecule has 2 aromatic carbocycles. The van der Waals surface area contributed by atoms with E-state index in [0.717, 1.165) is 0 Å². The molecule has 0 aliphatic carbocycles. The lowest BCUT2D eigenvalue weighted by Crippen LogP contribution is -2.31. The predicted molar refractivity (Wildman–Crippen MR) is 89.4 cm³/mol. The van der Waals surface area contributed by atoms with Crippen LogP contribution in [0.5, 0.6) is 0 Å². The van der Waals surface area contributed by atoms with Crippen LogP contribution in [0.2, 0.25) is 0 Å². The molecule has 0 radical (unpaired) electrons. The summed E-state index contributed by atoms with van der Waals surface area (Å²) in [7, 11) is 0. The van der Waals surface area contributed by atoms with E-state index in [1.165, 1.54) is 22.0 Å². The minimum atomic E-state index is -1.02. The molecule has 1 amide bonds. The molecule has 1 heterocycles. The molecule has 0 atom stereocenters. The average molecular weight is 321 g/mol. The smallest absolute Gasteiger partial charge is 0.338 e. The fourth-order valence-corrected chi connectivity index (χ4v) is 2.41. The lowest BCUT2D eigenvalue weighted by Gasteiger charge is -2.23. The number of carbonyl (C=O) groups is 2. The SMILES string of the molecule is O=C(O)Cc1cncn1C(=O)N(c1ccccc1)c1ccccc1. The summed E-state index contributed by atoms with van der Waals surface area (Å²) in [6, 6.07) is 18.0. The minimum Gasteiger partial charge on any atom is -0.481 e. The monoisotopic (exact) mass is 321 g/mol. The van der Waals surface area contributed by atoms with Gasteiger partial charge in [-0.2, -0.15) is 0 Å². The Morgan fingerprint density at radius 3 is 2.00 bits per heavy atom. The normalized spacial score (nSPS) is 10.3. The summed E-state index contributed by atoms with van der Waals surface area (Å²) in [5.74, 6) is -1.02. The van der Waals surface area contributed by atoms with Crippen LogP contribution in [0.15, 0.2) is 73.2 Å². The van der Waals surface area contributed by atoms with Gasteiger partial charge in [0.1, 0.15) is 6.33 Å². The number of para-hydroxylation sites is 2. The molecule has 120 valence electrons. The Morgan fingerprint density at radius 2 is 1.50 bits per heavy atom. The van der Waals surface area contributed by atoms with Gasteiger partial charge in [0.15, 0.2) is 0 Å². The summed E-state index contributed by atoms with van der Waals surface area (Å²) in [6.45, 7) is 0. The van der Waals surface area contributed by atoms with Gasteiger partial charge in [0.25, 0.3) is 0 Å². The van der Waals surface area contributed by atoms with Crippen LogP contribution in [0, 0.1) is 0 Å². The van der Waals surface area contributed by atoms with Gasteiger partial charge in [0.05, 0.1) is 23.5 Å². The third-order valence-electron chi connectivity index (χ3n) is 3.47. The molecule has 0 aliphatic heterocycles. The molecule has 0 aliphatic rings. The van der Waals surface area contributed by atoms with E-state index < -0.39 is 5.97 Å². The van der Waals surface area contributed by atoms with Gasteiger partial charge >= 0.3 is 12.0 Å². The highest BCUT2D eigenvalue weighted by molar-refractivity contribution is 6.01. The number of imidazole rings is 1. The Bertz CT molecular complexity index is 805. The molecule has 24 heavy (non-hydrogen) atoms. The highest BCUT2D eigenvalue weighted by atomic mass is 16.4. The third kappa shape index (κ3) is 3.17. The zero-order valence-electron chi connectivity index (χ0n) is 12.7. The number of aromatic nitrogens is 2. The number of hydrogen-bond acceptors (Lipinski definition) is 3. The van der Waals surface area contributed by atoms with Crippen molar-refractivity contribution in [2.75, 3.05) is 4.90 Å². The second-order valence-corrected chi connectivity index (χ2v) is 5.11. The first kappa shape index (κ1) is 15.5. The van der Waals surface area contributed by atoms with Crippen LogP contribution in [-0.2, 0) is 11.2 Å². The van der Waals surface area contributed by atoms with Gasteiger partial charge in [-0.3, -0.25) is 14.3 Å². The molecule has 3 aromatic rings. The van der Waals surface area contributed by atoms with Crippen molar-refractivity contribution in [3.05, 3.63) is 78.9 Å². The van der Waals surface area contributed by atoms with Gasteiger partial charge in [-0.25, -0.2) is 9.78 Å². The van der Waals surface area contributed by atoms with E-state index in [4.69, 9.17) is 5.11 Å². The van der Waals surface area contributed by atoms with Gasteiger partial charge < -0.3 is 5.11 Å². The molecule has 1 N–H and O–H groups in total. The number of nitrogens with zero attached hydrogens (tertiary/aromatic N) is 3. The van der Waals surface area contributed by atoms with Gasteiger partial charge in [-0.05, 0) is 24.3 Å². The summed E-state index contributed by atoms with van der Waals surface area (Å²) in [5.41, 5.74) is 1.69. The van der Waals surface area contributed by atoms with E-state index >= 15 is 0 Å². The largest absolute Gasteiger partial charge is 0.481 e. The molecular formula is C18H15N3O3. The second-order valence-electron chi connectivity index (χ2n) is 5.11. The molecule has 3 rings (SSSR count). The maximum atomic E-state index is 13.1. The van der Waals surface area contributed by atoms with E-state index in [-0.39, 0.29) is 12.5 Å². The molecular weight excluding hydrogens is 306 g/mol. The standard InChI is InChI=1S/C18H15N3O3/c22-17(23)11-16-12-19-13-20(16)18(24)21(14-7-3-1-4-8-14)15-9-5-2-6-10-15/h1-10,12-13H,11H2,(H,22,23). The topological polar surface area (TPSA) is 75.4 Å². The molecule has 6 heteroatoms. The minimum absolute atomic E-state index is 0.275. The van der Waals surface area contributed by atoms with Gasteiger partial charge in [0.2, 0.25) is 0 Å². The second kappa shape index (κ2) is 6.78. The van der Waals surface area contributed by atoms with Crippen molar-refractivity contribution in [1.29, 1.82) is 0 Å². The zero-order valence-corrected chi connectivity index (χ0v) is 12.7. The van der Waals surface area contributed by atoms with Crippen LogP contribution in [-0.4, -0.2) is 26.7 Å². The van der Waals surface area contributed by atoms with Crippen molar-refractivity contribution in [1.82, 2.24) is 9.55 Å². The van der Waals surface area contributed by atoms with Crippen LogP contribution >= 0.6 is 0 Å². The van der Waals surface area contributed by atoms with E-state index in [2.05, 4.69) is 4.98 Å². The van der Waals surface area contributed by atoms with E-state index in [0.29, 0.717) is 17.1 Å². The summed E-state index contributed by atoms with van der Waals surface area (Å²) in [4.78, 5) is 29.5. The molecule has 6 nitrogen and oxygen atoms in total. The molecule has 0 unspecified atom stereocenters. The first-order valence-electron chi connectivity index (χ1n) is 7.34. The third-order valence-corrected chi connectivity index (χ3v) is 3.47. The number of anilines is 2. The number of carboxylic acid groups (broad SMARTS) is 1. The van der Waals surface area contributed by atoms with Crippen LogP contribution in [0.1, 0.15) is 5.69 Å². The van der Waals surface area contributed by atoms with Crippen molar-refractivity contribution in [3.63, 3.8) is 0 Å². The Morgan fingerprint density at radius 1 is 0.958 bits per heavy atom. The van der Waals surface area contributed by atoms with Crippen molar-refractivity contribution >= 4 is 23.4 Å². The predicted octanol–water partition coefficient (Wildman–Crippen LogP) is 3.32. The summed E-state index contributed by atoms with van der Waals surface area (Å²) < 4.78 is 1.26. The molecule has 0 fully saturated rings. The highest BCUT2D eigenvalue weighted by Crippen LogP contribution is 2.26. The van der Waals surface area contributed by atoms with Gasteiger partial charge in [-0.1, -0.05) is 36.4 Å². The summed E-state index contributed by atoms with van der Waals surface area (Å²) in [5, 5.41) is 9.00. The van der Waals surface area contributed by atoms with Crippen molar-refractivity contribution in [2.45, 2.75) is 6.42 Å². The first-order valence-corrected chi connectivity index (χ1v) is 7.34. The number of rotatable bonds is 4. The van der Waals surface area contributed by atoms with E-state index in [9.17, 15) is 9.59 Å². The number of hydrogen-bond donors (Lipinski definition) is 1. The number of aliphatic carboxylic acids is 1. The zero-order chi connectivity index (χ0) is 16.9. The lowest BCUT2D eigenvalue weighted by atomic mass is 10.2. The Balaban J connectivity index is 2.05. The quantitative estimate of drug-likeness (QED) is 0.800. The number of amides is 1. The van der Waals surface area contributed by atoms with E-state index in [1.54, 1.807) is 0 Å². The molecule has 1 aromatic heterocycles. The molecule has 0 spiro atoms. The maximum absolute atomic E-state index is 13.1. The van der Waals surface area contributed by atoms with Gasteiger partial charge in [-0.15, -0.1) is 0 Å². The summed E-state index contributed by atoms with van der Waals surface area (Å²) >= 11 is 0. The Kier molecular flexibility index (Phi) is 4.38. The number of carboxylic acids is 1. The number of benzene rings is 2. The van der Waals surface area contributed by atoms with Crippen molar-refractivity contribution < 1.29 is 14.7 Å². The fraction of sp³-hybridized carbons (Fsp3) is 0.0556. The van der Waals surface area contributed by atoms with E-state index in [1.807, 2.05) is 60.7 Å². The highest BCUT2D eigenvalue weighted by Gasteiger charge is 2.22. The van der Waals surface area contributed by atoms with Crippen LogP contribution < -0.4 is 4.90 Å². The van der Waals surface area contributed by atoms with Crippen LogP contribution in [0.4, 0.5) is 16.2 Å². The van der Waals surface area contributed by atoms with Crippen molar-refractivity contribution in [3.8, 4) is 0 Å². The lowest BCUT2D eigenvalue weighted by molar-refractivity contribution is -0.136. The van der Waals surface area contributed by atoms with Crippen LogP contribution in [0.25, 0.3) is 0 Å². The Labute approximate surface area is 138 Å². The van der Waals surface area contributed by atoms with Crippen LogP contribution in [0.3, 0.4) is 0 Å². The number of carbonyl (C=O) groups excluding carboxylic acids is 1. The van der Waals surface area contributed by atoms with Gasteiger partial charge in [0, 0.05) is 6.20 Å². The Hall–Kier alpha value is -3.41. The molecule has 0 saturated carbocycles. The molecule has 0 bridgehead atoms. The summed E-state index contributed by atoms with van der Waals surface area (Å²) in [6.07, 6.45) is 2.45. The van der Waals surface area contributed by atoms with Crippen molar-refractivity contribution in [2.24, 2.45) is 0 Å². The first-order chi connectivity index (χ1) is 11.7. The molecule has 0 saturated heterocycles. The maximum Gasteiger partial charge on any atom is 0.338 e. The fourth-order valence-electron chi connectivity index (χ4n) is 2.41.